The molecule has 2 heterocycles. The molecule has 3 atom stereocenters. The monoisotopic (exact) mass is 283 g/mol. The van der Waals surface area contributed by atoms with E-state index in [0.717, 1.165) is 32.6 Å². The summed E-state index contributed by atoms with van der Waals surface area (Å²) in [6.07, 6.45) is 3.83. The number of amides is 1. The van der Waals surface area contributed by atoms with E-state index in [1.165, 1.54) is 12.8 Å². The highest BCUT2D eigenvalue weighted by Gasteiger charge is 2.27. The minimum absolute atomic E-state index is 0.148. The summed E-state index contributed by atoms with van der Waals surface area (Å²) in [6.45, 7) is 8.23. The predicted molar refractivity (Wildman–Crippen MR) is 79.7 cm³/mol. The van der Waals surface area contributed by atoms with Crippen molar-refractivity contribution < 1.29 is 9.53 Å². The van der Waals surface area contributed by atoms with Gasteiger partial charge in [-0.15, -0.1) is 0 Å². The molecule has 0 saturated carbocycles. The van der Waals surface area contributed by atoms with Crippen molar-refractivity contribution in [2.45, 2.75) is 51.4 Å². The molecule has 0 aromatic carbocycles. The fraction of sp³-hybridized carbons (Fsp3) is 0.933. The van der Waals surface area contributed by atoms with Crippen molar-refractivity contribution in [3.05, 3.63) is 0 Å². The molecule has 5 heteroatoms. The Balaban J connectivity index is 1.83. The number of morpholine rings is 1. The molecule has 20 heavy (non-hydrogen) atoms. The van der Waals surface area contributed by atoms with E-state index in [1.54, 1.807) is 0 Å². The fourth-order valence-corrected chi connectivity index (χ4v) is 3.27. The molecule has 5 nitrogen and oxygen atoms in total. The molecule has 2 aliphatic rings. The third kappa shape index (κ3) is 4.43. The molecule has 2 aliphatic heterocycles. The standard InChI is InChI=1S/C15H29N3O2/c1-12-9-18(10-13(2)20-12)15(19)11-17(3)14-5-4-7-16-8-6-14/h12-14,16H,4-11H2,1-3H3. The summed E-state index contributed by atoms with van der Waals surface area (Å²) in [4.78, 5) is 16.6. The number of hydrogen-bond acceptors (Lipinski definition) is 4. The zero-order valence-corrected chi connectivity index (χ0v) is 13.1. The van der Waals surface area contributed by atoms with Gasteiger partial charge < -0.3 is 15.0 Å². The summed E-state index contributed by atoms with van der Waals surface area (Å²) < 4.78 is 5.69. The van der Waals surface area contributed by atoms with Crippen LogP contribution in [-0.2, 0) is 9.53 Å². The van der Waals surface area contributed by atoms with Gasteiger partial charge in [0.1, 0.15) is 0 Å². The van der Waals surface area contributed by atoms with Crippen LogP contribution in [-0.4, -0.2) is 73.7 Å². The maximum atomic E-state index is 12.4. The Hall–Kier alpha value is -0.650. The lowest BCUT2D eigenvalue weighted by molar-refractivity contribution is -0.144. The first-order chi connectivity index (χ1) is 9.56. The number of rotatable bonds is 3. The molecule has 0 radical (unpaired) electrons. The lowest BCUT2D eigenvalue weighted by Crippen LogP contribution is -2.51. The predicted octanol–water partition coefficient (Wildman–Crippen LogP) is 0.696. The number of ether oxygens (including phenoxy) is 1. The van der Waals surface area contributed by atoms with Crippen molar-refractivity contribution in [3.63, 3.8) is 0 Å². The molecule has 116 valence electrons. The van der Waals surface area contributed by atoms with Gasteiger partial charge in [0, 0.05) is 19.1 Å². The summed E-state index contributed by atoms with van der Waals surface area (Å²) in [5, 5.41) is 3.42. The van der Waals surface area contributed by atoms with Crippen LogP contribution in [0.1, 0.15) is 33.1 Å². The lowest BCUT2D eigenvalue weighted by Gasteiger charge is -2.37. The Labute approximate surface area is 122 Å². The van der Waals surface area contributed by atoms with Crippen LogP contribution in [0.2, 0.25) is 0 Å². The van der Waals surface area contributed by atoms with Crippen molar-refractivity contribution in [2.75, 3.05) is 39.8 Å². The van der Waals surface area contributed by atoms with Crippen molar-refractivity contribution in [2.24, 2.45) is 0 Å². The van der Waals surface area contributed by atoms with Gasteiger partial charge in [0.2, 0.25) is 5.91 Å². The number of carbonyl (C=O) groups excluding carboxylic acids is 1. The number of nitrogens with one attached hydrogen (secondary N) is 1. The van der Waals surface area contributed by atoms with Crippen molar-refractivity contribution in [3.8, 4) is 0 Å². The summed E-state index contributed by atoms with van der Waals surface area (Å²) >= 11 is 0. The van der Waals surface area contributed by atoms with Gasteiger partial charge in [-0.25, -0.2) is 0 Å². The van der Waals surface area contributed by atoms with E-state index in [4.69, 9.17) is 4.74 Å². The van der Waals surface area contributed by atoms with Crippen LogP contribution in [0.15, 0.2) is 0 Å². The second-order valence-electron chi connectivity index (χ2n) is 6.31. The van der Waals surface area contributed by atoms with E-state index >= 15 is 0 Å². The summed E-state index contributed by atoms with van der Waals surface area (Å²) in [7, 11) is 2.08. The average Bonchev–Trinajstić information content (AvgIpc) is 2.66. The number of carbonyl (C=O) groups is 1. The molecule has 1 amide bonds. The van der Waals surface area contributed by atoms with Gasteiger partial charge in [-0.2, -0.15) is 0 Å². The van der Waals surface area contributed by atoms with Crippen LogP contribution >= 0.6 is 0 Å². The number of likely N-dealkylation sites (N-methyl/N-ethyl adjacent to an activating group) is 1. The van der Waals surface area contributed by atoms with Crippen LogP contribution in [0.3, 0.4) is 0 Å². The largest absolute Gasteiger partial charge is 0.372 e. The molecule has 0 aliphatic carbocycles. The Morgan fingerprint density at radius 2 is 1.95 bits per heavy atom. The smallest absolute Gasteiger partial charge is 0.236 e. The third-order valence-corrected chi connectivity index (χ3v) is 4.33. The minimum Gasteiger partial charge on any atom is -0.372 e. The van der Waals surface area contributed by atoms with Crippen LogP contribution in [0.5, 0.6) is 0 Å². The van der Waals surface area contributed by atoms with Crippen molar-refractivity contribution in [1.82, 2.24) is 15.1 Å². The second-order valence-corrected chi connectivity index (χ2v) is 6.31. The van der Waals surface area contributed by atoms with E-state index in [0.29, 0.717) is 12.6 Å². The lowest BCUT2D eigenvalue weighted by atomic mass is 10.1. The van der Waals surface area contributed by atoms with Gasteiger partial charge >= 0.3 is 0 Å². The van der Waals surface area contributed by atoms with Gasteiger partial charge in [-0.1, -0.05) is 0 Å². The maximum absolute atomic E-state index is 12.4. The molecular weight excluding hydrogens is 254 g/mol. The molecule has 2 fully saturated rings. The van der Waals surface area contributed by atoms with Crippen LogP contribution in [0.4, 0.5) is 0 Å². The van der Waals surface area contributed by atoms with Crippen molar-refractivity contribution in [1.29, 1.82) is 0 Å². The molecular formula is C15H29N3O2. The minimum atomic E-state index is 0.148. The molecule has 0 aromatic rings. The van der Waals surface area contributed by atoms with Gasteiger partial charge in [-0.05, 0) is 53.2 Å². The van der Waals surface area contributed by atoms with Gasteiger partial charge in [0.15, 0.2) is 0 Å². The first kappa shape index (κ1) is 15.7. The van der Waals surface area contributed by atoms with E-state index < -0.39 is 0 Å². The molecule has 1 N–H and O–H groups in total. The van der Waals surface area contributed by atoms with Gasteiger partial charge in [0.05, 0.1) is 18.8 Å². The van der Waals surface area contributed by atoms with E-state index in [2.05, 4.69) is 17.3 Å². The van der Waals surface area contributed by atoms with Gasteiger partial charge in [0.25, 0.3) is 0 Å². The Kier molecular flexibility index (Phi) is 5.81. The first-order valence-corrected chi connectivity index (χ1v) is 7.90. The summed E-state index contributed by atoms with van der Waals surface area (Å²) in [5.41, 5.74) is 0. The van der Waals surface area contributed by atoms with Crippen LogP contribution < -0.4 is 5.32 Å². The SMILES string of the molecule is CC1CN(C(=O)CN(C)C2CCCNCC2)CC(C)O1. The van der Waals surface area contributed by atoms with E-state index in [1.807, 2.05) is 18.7 Å². The Morgan fingerprint density at radius 1 is 1.25 bits per heavy atom. The maximum Gasteiger partial charge on any atom is 0.236 e. The topological polar surface area (TPSA) is 44.8 Å². The van der Waals surface area contributed by atoms with Crippen LogP contribution in [0.25, 0.3) is 0 Å². The quantitative estimate of drug-likeness (QED) is 0.828. The number of nitrogens with zero attached hydrogens (tertiary/aromatic N) is 2. The fourth-order valence-electron chi connectivity index (χ4n) is 3.27. The third-order valence-electron chi connectivity index (χ3n) is 4.33. The Morgan fingerprint density at radius 3 is 2.65 bits per heavy atom. The average molecular weight is 283 g/mol. The second kappa shape index (κ2) is 7.38. The van der Waals surface area contributed by atoms with E-state index in [-0.39, 0.29) is 18.1 Å². The van der Waals surface area contributed by atoms with Gasteiger partial charge in [-0.3, -0.25) is 9.69 Å². The molecule has 2 rings (SSSR count). The molecule has 3 unspecified atom stereocenters. The zero-order valence-electron chi connectivity index (χ0n) is 13.1. The highest BCUT2D eigenvalue weighted by Crippen LogP contribution is 2.14. The Bertz CT molecular complexity index is 306. The van der Waals surface area contributed by atoms with Crippen molar-refractivity contribution >= 4 is 5.91 Å². The molecule has 0 aromatic heterocycles. The number of hydrogen-bond donors (Lipinski definition) is 1. The molecule has 0 bridgehead atoms. The normalized spacial score (nSPS) is 32.2. The summed E-state index contributed by atoms with van der Waals surface area (Å²) in [6, 6.07) is 0.532. The zero-order chi connectivity index (χ0) is 14.5. The van der Waals surface area contributed by atoms with Crippen LogP contribution in [0, 0.1) is 0 Å². The highest BCUT2D eigenvalue weighted by molar-refractivity contribution is 5.78. The highest BCUT2D eigenvalue weighted by atomic mass is 16.5. The molecule has 0 spiro atoms. The van der Waals surface area contributed by atoms with E-state index in [9.17, 15) is 4.79 Å². The molecule has 2 saturated heterocycles. The first-order valence-electron chi connectivity index (χ1n) is 7.90. The summed E-state index contributed by atoms with van der Waals surface area (Å²) in [5.74, 6) is 0.242.